The van der Waals surface area contributed by atoms with Gasteiger partial charge in [0.25, 0.3) is 0 Å². The standard InChI is InChI=1S/C46H84NO11P/c1-6-8-10-11-12-13-14-15-16-17-18-19-20-25-29-35-46(52)58-42(40-57-59(53,54)56-38-37-47(3,4)5)39-55-45(51)36-30-34-44(50)43(49)33-28-24-22-21-23-27-32-41(48)31-26-9-7-2/h21-24,27-28,32-33,41-44,48-50H,6-20,25-26,29-31,34-40H2,1-5H3/p+1/b23-21-,24-22+,32-27+,33-28+/t41-,42-,43-,44-/m1/s1. The molecule has 0 rings (SSSR count). The molecule has 4 N–H and O–H groups in total. The maximum atomic E-state index is 12.7. The Balaban J connectivity index is 4.66. The number of aliphatic hydroxyl groups excluding tert-OH is 3. The lowest BCUT2D eigenvalue weighted by Crippen LogP contribution is -2.37. The van der Waals surface area contributed by atoms with Gasteiger partial charge in [-0.2, -0.15) is 0 Å². The predicted octanol–water partition coefficient (Wildman–Crippen LogP) is 9.60. The molecule has 0 aliphatic heterocycles. The van der Waals surface area contributed by atoms with Crippen LogP contribution in [0.1, 0.15) is 162 Å². The molecule has 0 amide bonds. The largest absolute Gasteiger partial charge is 0.472 e. The molecule has 0 aromatic heterocycles. The monoisotopic (exact) mass is 859 g/mol. The number of carbonyl (C=O) groups is 2. The van der Waals surface area contributed by atoms with Crippen molar-refractivity contribution in [2.45, 2.75) is 186 Å². The second kappa shape index (κ2) is 37.6. The van der Waals surface area contributed by atoms with E-state index in [1.54, 1.807) is 42.5 Å². The van der Waals surface area contributed by atoms with Gasteiger partial charge in [0, 0.05) is 12.8 Å². The molecule has 0 radical (unpaired) electrons. The van der Waals surface area contributed by atoms with E-state index in [1.807, 2.05) is 21.1 Å². The van der Waals surface area contributed by atoms with Crippen molar-refractivity contribution in [2.24, 2.45) is 0 Å². The van der Waals surface area contributed by atoms with Gasteiger partial charge in [0.15, 0.2) is 6.10 Å². The Morgan fingerprint density at radius 3 is 1.64 bits per heavy atom. The number of phosphoric ester groups is 1. The summed E-state index contributed by atoms with van der Waals surface area (Å²) in [7, 11) is 1.29. The number of phosphoric acid groups is 1. The summed E-state index contributed by atoms with van der Waals surface area (Å²) in [6.07, 6.45) is 32.4. The van der Waals surface area contributed by atoms with Crippen molar-refractivity contribution in [1.29, 1.82) is 0 Å². The van der Waals surface area contributed by atoms with Crippen LogP contribution in [0, 0.1) is 0 Å². The van der Waals surface area contributed by atoms with E-state index < -0.39 is 50.8 Å². The van der Waals surface area contributed by atoms with Crippen molar-refractivity contribution in [3.8, 4) is 0 Å². The molecule has 0 aromatic rings. The number of hydrogen-bond acceptors (Lipinski definition) is 10. The van der Waals surface area contributed by atoms with Gasteiger partial charge in [-0.25, -0.2) is 4.57 Å². The van der Waals surface area contributed by atoms with Crippen LogP contribution in [0.3, 0.4) is 0 Å². The summed E-state index contributed by atoms with van der Waals surface area (Å²) in [6.45, 7) is 3.92. The average molecular weight is 859 g/mol. The molecular weight excluding hydrogens is 773 g/mol. The van der Waals surface area contributed by atoms with Crippen LogP contribution in [0.25, 0.3) is 0 Å². The van der Waals surface area contributed by atoms with Crippen LogP contribution < -0.4 is 0 Å². The summed E-state index contributed by atoms with van der Waals surface area (Å²) >= 11 is 0. The zero-order valence-corrected chi connectivity index (χ0v) is 38.5. The lowest BCUT2D eigenvalue weighted by atomic mass is 10.0. The molecule has 0 aliphatic carbocycles. The fourth-order valence-corrected chi connectivity index (χ4v) is 6.73. The molecule has 5 atom stereocenters. The molecule has 1 unspecified atom stereocenters. The Kier molecular flexibility index (Phi) is 36.2. The van der Waals surface area contributed by atoms with Crippen LogP contribution >= 0.6 is 7.82 Å². The van der Waals surface area contributed by atoms with Crippen LogP contribution in [-0.2, 0) is 32.7 Å². The third-order valence-electron chi connectivity index (χ3n) is 9.73. The molecule has 0 fully saturated rings. The number of carbonyl (C=O) groups excluding carboxylic acids is 2. The van der Waals surface area contributed by atoms with Crippen LogP contribution in [-0.4, -0.2) is 109 Å². The average Bonchev–Trinajstić information content (AvgIpc) is 3.17. The number of aliphatic hydroxyl groups is 3. The third kappa shape index (κ3) is 39.7. The number of nitrogens with zero attached hydrogens (tertiary/aromatic N) is 1. The molecule has 0 saturated carbocycles. The fourth-order valence-electron chi connectivity index (χ4n) is 5.99. The van der Waals surface area contributed by atoms with Gasteiger partial charge in [-0.15, -0.1) is 0 Å². The van der Waals surface area contributed by atoms with Gasteiger partial charge in [-0.3, -0.25) is 18.6 Å². The maximum Gasteiger partial charge on any atom is 0.472 e. The Hall–Kier alpha value is -2.15. The van der Waals surface area contributed by atoms with E-state index in [-0.39, 0.29) is 38.9 Å². The van der Waals surface area contributed by atoms with Gasteiger partial charge < -0.3 is 34.2 Å². The second-order valence-corrected chi connectivity index (χ2v) is 18.1. The van der Waals surface area contributed by atoms with Crippen molar-refractivity contribution < 1.29 is 57.4 Å². The van der Waals surface area contributed by atoms with Gasteiger partial charge >= 0.3 is 19.8 Å². The smallest absolute Gasteiger partial charge is 0.462 e. The molecule has 0 spiro atoms. The maximum absolute atomic E-state index is 12.7. The SMILES string of the molecule is CCCCCCCCCCCCCCCCCC(=O)O[C@H](COC(=O)CCC[C@@H](O)[C@H](O)/C=C/C=C/C=C\C=C\[C@H](O)CCCCC)COP(=O)(O)OCC[N+](C)(C)C. The topological polar surface area (TPSA) is 169 Å². The summed E-state index contributed by atoms with van der Waals surface area (Å²) in [5.74, 6) is -1.13. The molecule has 0 aliphatic rings. The van der Waals surface area contributed by atoms with Crippen LogP contribution in [0.5, 0.6) is 0 Å². The first-order valence-electron chi connectivity index (χ1n) is 22.7. The normalized spacial score (nSPS) is 15.6. The van der Waals surface area contributed by atoms with Gasteiger partial charge in [0.1, 0.15) is 19.8 Å². The van der Waals surface area contributed by atoms with E-state index in [0.29, 0.717) is 17.4 Å². The third-order valence-corrected chi connectivity index (χ3v) is 10.7. The van der Waals surface area contributed by atoms with Gasteiger partial charge in [-0.1, -0.05) is 172 Å². The number of esters is 2. The van der Waals surface area contributed by atoms with Gasteiger partial charge in [0.2, 0.25) is 0 Å². The minimum absolute atomic E-state index is 0.0239. The first-order valence-corrected chi connectivity index (χ1v) is 24.2. The quantitative estimate of drug-likeness (QED) is 0.0152. The summed E-state index contributed by atoms with van der Waals surface area (Å²) in [4.78, 5) is 35.4. The molecule has 13 heteroatoms. The fraction of sp³-hybridized carbons (Fsp3) is 0.783. The van der Waals surface area contributed by atoms with Crippen molar-refractivity contribution in [2.75, 3.05) is 47.5 Å². The first kappa shape index (κ1) is 56.9. The molecule has 344 valence electrons. The first-order chi connectivity index (χ1) is 28.2. The number of ether oxygens (including phenoxy) is 2. The summed E-state index contributed by atoms with van der Waals surface area (Å²) in [5, 5.41) is 30.5. The highest BCUT2D eigenvalue weighted by Crippen LogP contribution is 2.43. The number of hydrogen-bond donors (Lipinski definition) is 4. The Morgan fingerprint density at radius 2 is 1.08 bits per heavy atom. The highest BCUT2D eigenvalue weighted by molar-refractivity contribution is 7.47. The number of quaternary nitrogens is 1. The van der Waals surface area contributed by atoms with Crippen molar-refractivity contribution in [1.82, 2.24) is 0 Å². The van der Waals surface area contributed by atoms with E-state index in [1.165, 1.54) is 76.7 Å². The van der Waals surface area contributed by atoms with Gasteiger partial charge in [-0.05, 0) is 25.7 Å². The summed E-state index contributed by atoms with van der Waals surface area (Å²) < 4.78 is 34.0. The Bertz CT molecular complexity index is 1200. The van der Waals surface area contributed by atoms with E-state index in [4.69, 9.17) is 18.5 Å². The van der Waals surface area contributed by atoms with Crippen LogP contribution in [0.2, 0.25) is 0 Å². The minimum Gasteiger partial charge on any atom is -0.462 e. The van der Waals surface area contributed by atoms with E-state index >= 15 is 0 Å². The number of unbranched alkanes of at least 4 members (excludes halogenated alkanes) is 16. The van der Waals surface area contributed by atoms with Crippen molar-refractivity contribution in [3.63, 3.8) is 0 Å². The van der Waals surface area contributed by atoms with Crippen molar-refractivity contribution in [3.05, 3.63) is 48.6 Å². The van der Waals surface area contributed by atoms with E-state index in [9.17, 15) is 34.4 Å². The van der Waals surface area contributed by atoms with Crippen LogP contribution in [0.4, 0.5) is 0 Å². The molecule has 59 heavy (non-hydrogen) atoms. The number of rotatable bonds is 40. The van der Waals surface area contributed by atoms with E-state index in [0.717, 1.165) is 44.9 Å². The summed E-state index contributed by atoms with van der Waals surface area (Å²) in [6, 6.07) is 0. The molecule has 0 saturated heterocycles. The number of likely N-dealkylation sites (N-methyl/N-ethyl adjacent to an activating group) is 1. The lowest BCUT2D eigenvalue weighted by Gasteiger charge is -2.24. The lowest BCUT2D eigenvalue weighted by molar-refractivity contribution is -0.870. The second-order valence-electron chi connectivity index (χ2n) is 16.7. The number of allylic oxidation sites excluding steroid dienone is 6. The highest BCUT2D eigenvalue weighted by Gasteiger charge is 2.27. The minimum atomic E-state index is -4.46. The molecule has 0 bridgehead atoms. The summed E-state index contributed by atoms with van der Waals surface area (Å²) in [5.41, 5.74) is 0. The van der Waals surface area contributed by atoms with Crippen LogP contribution in [0.15, 0.2) is 48.6 Å². The molecular formula is C46H85NO11P+. The van der Waals surface area contributed by atoms with Crippen molar-refractivity contribution >= 4 is 19.8 Å². The predicted molar refractivity (Wildman–Crippen MR) is 238 cm³/mol. The molecule has 0 aromatic carbocycles. The Morgan fingerprint density at radius 1 is 0.593 bits per heavy atom. The molecule has 12 nitrogen and oxygen atoms in total. The molecule has 0 heterocycles. The zero-order valence-electron chi connectivity index (χ0n) is 37.6. The zero-order chi connectivity index (χ0) is 44.0. The van der Waals surface area contributed by atoms with Gasteiger partial charge in [0.05, 0.1) is 46.1 Å². The van der Waals surface area contributed by atoms with E-state index in [2.05, 4.69) is 13.8 Å². The highest BCUT2D eigenvalue weighted by atomic mass is 31.2. The Labute approximate surface area is 358 Å².